The molecule has 1 atom stereocenters. The Balaban J connectivity index is 2.61. The van der Waals surface area contributed by atoms with Gasteiger partial charge in [-0.3, -0.25) is 4.79 Å². The molecule has 0 aliphatic rings. The molecule has 1 amide bonds. The van der Waals surface area contributed by atoms with E-state index in [1.165, 1.54) is 7.11 Å². The number of rotatable bonds is 8. The van der Waals surface area contributed by atoms with Crippen molar-refractivity contribution in [2.24, 2.45) is 5.92 Å². The van der Waals surface area contributed by atoms with Crippen molar-refractivity contribution in [2.45, 2.75) is 26.3 Å². The van der Waals surface area contributed by atoms with Gasteiger partial charge >= 0.3 is 11.9 Å². The topological polar surface area (TPSA) is 81.7 Å². The Hall–Kier alpha value is -2.63. The molecule has 0 aromatic heterocycles. The fourth-order valence-corrected chi connectivity index (χ4v) is 1.85. The Labute approximate surface area is 141 Å². The van der Waals surface area contributed by atoms with Gasteiger partial charge in [0.05, 0.1) is 13.7 Å². The van der Waals surface area contributed by atoms with E-state index in [1.807, 2.05) is 44.2 Å². The largest absolute Gasteiger partial charge is 0.467 e. The van der Waals surface area contributed by atoms with Crippen molar-refractivity contribution in [3.63, 3.8) is 0 Å². The van der Waals surface area contributed by atoms with Gasteiger partial charge < -0.3 is 14.8 Å². The second-order valence-electron chi connectivity index (χ2n) is 5.63. The maximum atomic E-state index is 11.9. The SMILES string of the molecule is COC(=O)[C@H](Cc1ccccc1)NC(=O)/C=C\C(=O)OCC(C)C. The number of nitrogens with one attached hydrogen (secondary N) is 1. The molecule has 1 aromatic carbocycles. The summed E-state index contributed by atoms with van der Waals surface area (Å²) in [5, 5.41) is 2.53. The molecule has 0 fully saturated rings. The van der Waals surface area contributed by atoms with Crippen molar-refractivity contribution < 1.29 is 23.9 Å². The van der Waals surface area contributed by atoms with Gasteiger partial charge in [-0.15, -0.1) is 0 Å². The molecule has 6 heteroatoms. The third-order valence-corrected chi connectivity index (χ3v) is 3.01. The molecular weight excluding hydrogens is 310 g/mol. The number of benzene rings is 1. The molecule has 1 rings (SSSR count). The Morgan fingerprint density at radius 3 is 2.38 bits per heavy atom. The van der Waals surface area contributed by atoms with Gasteiger partial charge in [0, 0.05) is 18.6 Å². The molecule has 0 unspecified atom stereocenters. The maximum Gasteiger partial charge on any atom is 0.330 e. The van der Waals surface area contributed by atoms with Crippen LogP contribution in [0.15, 0.2) is 42.5 Å². The number of amides is 1. The first-order chi connectivity index (χ1) is 11.4. The second kappa shape index (κ2) is 10.2. The molecule has 130 valence electrons. The summed E-state index contributed by atoms with van der Waals surface area (Å²) in [5.41, 5.74) is 0.883. The zero-order chi connectivity index (χ0) is 17.9. The minimum atomic E-state index is -0.832. The van der Waals surface area contributed by atoms with E-state index in [0.717, 1.165) is 17.7 Å². The molecule has 1 N–H and O–H groups in total. The van der Waals surface area contributed by atoms with Gasteiger partial charge in [-0.25, -0.2) is 9.59 Å². The maximum absolute atomic E-state index is 11.9. The van der Waals surface area contributed by atoms with Gasteiger partial charge in [0.25, 0.3) is 0 Å². The molecule has 0 heterocycles. The molecule has 0 aliphatic carbocycles. The fourth-order valence-electron chi connectivity index (χ4n) is 1.85. The number of esters is 2. The standard InChI is InChI=1S/C18H23NO5/c1-13(2)12-24-17(21)10-9-16(20)19-15(18(22)23-3)11-14-7-5-4-6-8-14/h4-10,13,15H,11-12H2,1-3H3,(H,19,20)/b10-9-/t15-/m0/s1. The quantitative estimate of drug-likeness (QED) is 0.578. The third-order valence-electron chi connectivity index (χ3n) is 3.01. The highest BCUT2D eigenvalue weighted by molar-refractivity contribution is 5.96. The van der Waals surface area contributed by atoms with Crippen LogP contribution in [0.25, 0.3) is 0 Å². The van der Waals surface area contributed by atoms with E-state index >= 15 is 0 Å². The third kappa shape index (κ3) is 7.58. The predicted molar refractivity (Wildman–Crippen MR) is 89.0 cm³/mol. The lowest BCUT2D eigenvalue weighted by molar-refractivity contribution is -0.144. The highest BCUT2D eigenvalue weighted by atomic mass is 16.5. The van der Waals surface area contributed by atoms with E-state index in [4.69, 9.17) is 9.47 Å². The van der Waals surface area contributed by atoms with E-state index in [0.29, 0.717) is 6.42 Å². The van der Waals surface area contributed by atoms with E-state index in [1.54, 1.807) is 0 Å². The molecule has 0 bridgehead atoms. The molecule has 1 aromatic rings. The summed E-state index contributed by atoms with van der Waals surface area (Å²) >= 11 is 0. The van der Waals surface area contributed by atoms with Gasteiger partial charge in [0.2, 0.25) is 5.91 Å². The first-order valence-corrected chi connectivity index (χ1v) is 7.69. The molecule has 0 saturated carbocycles. The molecule has 0 aliphatic heterocycles. The molecule has 0 saturated heterocycles. The van der Waals surface area contributed by atoms with Gasteiger partial charge in [0.15, 0.2) is 0 Å². The monoisotopic (exact) mass is 333 g/mol. The number of hydrogen-bond acceptors (Lipinski definition) is 5. The Morgan fingerprint density at radius 1 is 1.12 bits per heavy atom. The van der Waals surface area contributed by atoms with Crippen LogP contribution in [0.3, 0.4) is 0 Å². The van der Waals surface area contributed by atoms with Crippen molar-refractivity contribution in [2.75, 3.05) is 13.7 Å². The van der Waals surface area contributed by atoms with Crippen molar-refractivity contribution in [3.8, 4) is 0 Å². The lowest BCUT2D eigenvalue weighted by Crippen LogP contribution is -2.42. The summed E-state index contributed by atoms with van der Waals surface area (Å²) in [6.45, 7) is 4.10. The fraction of sp³-hybridized carbons (Fsp3) is 0.389. The van der Waals surface area contributed by atoms with Crippen molar-refractivity contribution in [3.05, 3.63) is 48.0 Å². The van der Waals surface area contributed by atoms with Crippen molar-refractivity contribution >= 4 is 17.8 Å². The highest BCUT2D eigenvalue weighted by Gasteiger charge is 2.21. The summed E-state index contributed by atoms with van der Waals surface area (Å²) in [7, 11) is 1.26. The van der Waals surface area contributed by atoms with E-state index in [2.05, 4.69) is 5.32 Å². The first kappa shape index (κ1) is 19.4. The number of ether oxygens (including phenoxy) is 2. The van der Waals surface area contributed by atoms with Crippen LogP contribution in [0.4, 0.5) is 0 Å². The van der Waals surface area contributed by atoms with Crippen LogP contribution in [0.5, 0.6) is 0 Å². The summed E-state index contributed by atoms with van der Waals surface area (Å²) in [6, 6.07) is 8.41. The number of carbonyl (C=O) groups is 3. The van der Waals surface area contributed by atoms with Gasteiger partial charge in [-0.2, -0.15) is 0 Å². The summed E-state index contributed by atoms with van der Waals surface area (Å²) < 4.78 is 9.63. The predicted octanol–water partition coefficient (Wildman–Crippen LogP) is 1.64. The van der Waals surface area contributed by atoms with Crippen LogP contribution in [0.2, 0.25) is 0 Å². The first-order valence-electron chi connectivity index (χ1n) is 7.69. The van der Waals surface area contributed by atoms with Crippen molar-refractivity contribution in [1.29, 1.82) is 0 Å². The van der Waals surface area contributed by atoms with Crippen molar-refractivity contribution in [1.82, 2.24) is 5.32 Å². The minimum Gasteiger partial charge on any atom is -0.467 e. The van der Waals surface area contributed by atoms with Crippen LogP contribution < -0.4 is 5.32 Å². The Morgan fingerprint density at radius 2 is 1.79 bits per heavy atom. The Kier molecular flexibility index (Phi) is 8.25. The lowest BCUT2D eigenvalue weighted by Gasteiger charge is -2.15. The van der Waals surface area contributed by atoms with Crippen LogP contribution >= 0.6 is 0 Å². The van der Waals surface area contributed by atoms with Crippen LogP contribution in [-0.2, 0) is 30.3 Å². The lowest BCUT2D eigenvalue weighted by atomic mass is 10.1. The number of carbonyl (C=O) groups excluding carboxylic acids is 3. The Bertz CT molecular complexity index is 580. The van der Waals surface area contributed by atoms with Gasteiger partial charge in [0.1, 0.15) is 6.04 Å². The van der Waals surface area contributed by atoms with Crippen LogP contribution in [0.1, 0.15) is 19.4 Å². The summed E-state index contributed by atoms with van der Waals surface area (Å²) in [4.78, 5) is 35.1. The van der Waals surface area contributed by atoms with Gasteiger partial charge in [-0.05, 0) is 11.5 Å². The molecular formula is C18H23NO5. The van der Waals surface area contributed by atoms with Gasteiger partial charge in [-0.1, -0.05) is 44.2 Å². The van der Waals surface area contributed by atoms with E-state index in [9.17, 15) is 14.4 Å². The van der Waals surface area contributed by atoms with Crippen LogP contribution in [0, 0.1) is 5.92 Å². The average molecular weight is 333 g/mol. The average Bonchev–Trinajstić information content (AvgIpc) is 2.57. The number of hydrogen-bond donors (Lipinski definition) is 1. The minimum absolute atomic E-state index is 0.214. The summed E-state index contributed by atoms with van der Waals surface area (Å²) in [6.07, 6.45) is 2.38. The highest BCUT2D eigenvalue weighted by Crippen LogP contribution is 2.04. The molecule has 24 heavy (non-hydrogen) atoms. The molecule has 0 radical (unpaired) electrons. The smallest absolute Gasteiger partial charge is 0.330 e. The normalized spacial score (nSPS) is 12.0. The van der Waals surface area contributed by atoms with Crippen LogP contribution in [-0.4, -0.2) is 37.6 Å². The second-order valence-corrected chi connectivity index (χ2v) is 5.63. The molecule has 6 nitrogen and oxygen atoms in total. The van der Waals surface area contributed by atoms with E-state index < -0.39 is 23.9 Å². The zero-order valence-electron chi connectivity index (χ0n) is 14.2. The number of methoxy groups -OCH3 is 1. The van der Waals surface area contributed by atoms with E-state index in [-0.39, 0.29) is 12.5 Å². The summed E-state index contributed by atoms with van der Waals surface area (Å²) in [5.74, 6) is -1.51. The molecule has 0 spiro atoms. The zero-order valence-corrected chi connectivity index (χ0v) is 14.2.